The van der Waals surface area contributed by atoms with E-state index in [0.29, 0.717) is 11.1 Å². The van der Waals surface area contributed by atoms with Crippen LogP contribution in [0.25, 0.3) is 0 Å². The number of hydrogen-bond donors (Lipinski definition) is 2. The zero-order valence-corrected chi connectivity index (χ0v) is 11.3. The van der Waals surface area contributed by atoms with Gasteiger partial charge in [0, 0.05) is 6.04 Å². The van der Waals surface area contributed by atoms with Gasteiger partial charge in [0.1, 0.15) is 5.75 Å². The molecule has 1 aliphatic rings. The average Bonchev–Trinajstić information content (AvgIpc) is 2.35. The molecule has 2 nitrogen and oxygen atoms in total. The minimum Gasteiger partial charge on any atom is -0.506 e. The monoisotopic (exact) mass is 253 g/mol. The van der Waals surface area contributed by atoms with Gasteiger partial charge in [-0.2, -0.15) is 0 Å². The lowest BCUT2D eigenvalue weighted by atomic mass is 9.95. The molecular weight excluding hydrogens is 234 g/mol. The van der Waals surface area contributed by atoms with Gasteiger partial charge >= 0.3 is 0 Å². The van der Waals surface area contributed by atoms with Crippen molar-refractivity contribution >= 4 is 11.6 Å². The van der Waals surface area contributed by atoms with Gasteiger partial charge in [0.05, 0.1) is 5.02 Å². The van der Waals surface area contributed by atoms with Crippen LogP contribution in [0.2, 0.25) is 5.02 Å². The quantitative estimate of drug-likeness (QED) is 0.847. The standard InChI is InChI=1S/C14H20ClNO/c1-9-7-11(14(17)13(15)10(9)2)8-12-5-3-4-6-16-12/h7,12,16-17H,3-6,8H2,1-2H3. The van der Waals surface area contributed by atoms with E-state index in [2.05, 4.69) is 11.4 Å². The molecule has 1 saturated heterocycles. The highest BCUT2D eigenvalue weighted by Gasteiger charge is 2.17. The molecule has 94 valence electrons. The zero-order chi connectivity index (χ0) is 12.4. The summed E-state index contributed by atoms with van der Waals surface area (Å²) in [5, 5.41) is 14.1. The molecule has 0 amide bonds. The highest BCUT2D eigenvalue weighted by molar-refractivity contribution is 6.33. The van der Waals surface area contributed by atoms with Gasteiger partial charge in [-0.05, 0) is 56.3 Å². The van der Waals surface area contributed by atoms with Gasteiger partial charge in [-0.1, -0.05) is 24.1 Å². The number of nitrogens with one attached hydrogen (secondary N) is 1. The molecule has 0 radical (unpaired) electrons. The maximum atomic E-state index is 10.1. The molecule has 1 aromatic carbocycles. The molecule has 2 N–H and O–H groups in total. The number of phenolic OH excluding ortho intramolecular Hbond substituents is 1. The molecule has 1 unspecified atom stereocenters. The van der Waals surface area contributed by atoms with Crippen molar-refractivity contribution in [1.29, 1.82) is 0 Å². The molecule has 0 aromatic heterocycles. The third kappa shape index (κ3) is 2.75. The summed E-state index contributed by atoms with van der Waals surface area (Å²) in [5.41, 5.74) is 3.10. The van der Waals surface area contributed by atoms with Crippen LogP contribution in [0.3, 0.4) is 0 Å². The van der Waals surface area contributed by atoms with Gasteiger partial charge in [-0.25, -0.2) is 0 Å². The van der Waals surface area contributed by atoms with E-state index in [1.165, 1.54) is 19.3 Å². The average molecular weight is 254 g/mol. The van der Waals surface area contributed by atoms with Gasteiger partial charge in [0.2, 0.25) is 0 Å². The molecule has 0 saturated carbocycles. The van der Waals surface area contributed by atoms with Crippen molar-refractivity contribution in [2.24, 2.45) is 0 Å². The number of benzene rings is 1. The first-order chi connectivity index (χ1) is 8.09. The molecule has 1 fully saturated rings. The lowest BCUT2D eigenvalue weighted by Crippen LogP contribution is -2.35. The van der Waals surface area contributed by atoms with Gasteiger partial charge < -0.3 is 10.4 Å². The SMILES string of the molecule is Cc1cc(CC2CCCCN2)c(O)c(Cl)c1C. The molecule has 2 rings (SSSR count). The minimum atomic E-state index is 0.266. The smallest absolute Gasteiger partial charge is 0.137 e. The first-order valence-corrected chi connectivity index (χ1v) is 6.68. The fourth-order valence-corrected chi connectivity index (χ4v) is 2.72. The van der Waals surface area contributed by atoms with Crippen LogP contribution < -0.4 is 5.32 Å². The Hall–Kier alpha value is -0.730. The highest BCUT2D eigenvalue weighted by Crippen LogP contribution is 2.34. The van der Waals surface area contributed by atoms with Crippen molar-refractivity contribution < 1.29 is 5.11 Å². The number of rotatable bonds is 2. The molecule has 1 heterocycles. The molecule has 0 bridgehead atoms. The molecular formula is C14H20ClNO. The van der Waals surface area contributed by atoms with E-state index >= 15 is 0 Å². The Labute approximate surface area is 108 Å². The van der Waals surface area contributed by atoms with Crippen LogP contribution in [0.1, 0.15) is 36.0 Å². The Balaban J connectivity index is 2.20. The maximum absolute atomic E-state index is 10.1. The van der Waals surface area contributed by atoms with Gasteiger partial charge in [-0.3, -0.25) is 0 Å². The number of hydrogen-bond acceptors (Lipinski definition) is 2. The van der Waals surface area contributed by atoms with Crippen LogP contribution >= 0.6 is 11.6 Å². The molecule has 17 heavy (non-hydrogen) atoms. The van der Waals surface area contributed by atoms with Crippen molar-refractivity contribution in [3.8, 4) is 5.75 Å². The van der Waals surface area contributed by atoms with E-state index in [0.717, 1.165) is 29.7 Å². The fourth-order valence-electron chi connectivity index (χ4n) is 2.45. The summed E-state index contributed by atoms with van der Waals surface area (Å²) in [6.07, 6.45) is 4.59. The molecule has 0 spiro atoms. The van der Waals surface area contributed by atoms with E-state index in [1.54, 1.807) is 0 Å². The van der Waals surface area contributed by atoms with Crippen molar-refractivity contribution in [2.75, 3.05) is 6.54 Å². The van der Waals surface area contributed by atoms with Crippen LogP contribution in [0.4, 0.5) is 0 Å². The van der Waals surface area contributed by atoms with Crippen LogP contribution in [-0.4, -0.2) is 17.7 Å². The second kappa shape index (κ2) is 5.28. The van der Waals surface area contributed by atoms with E-state index in [1.807, 2.05) is 13.8 Å². The third-order valence-corrected chi connectivity index (χ3v) is 4.16. The Bertz CT molecular complexity index is 411. The molecule has 0 aliphatic carbocycles. The minimum absolute atomic E-state index is 0.266. The topological polar surface area (TPSA) is 32.3 Å². The largest absolute Gasteiger partial charge is 0.506 e. The molecule has 1 aliphatic heterocycles. The normalized spacial score (nSPS) is 20.5. The van der Waals surface area contributed by atoms with Gasteiger partial charge in [-0.15, -0.1) is 0 Å². The lowest BCUT2D eigenvalue weighted by Gasteiger charge is -2.24. The van der Waals surface area contributed by atoms with Crippen LogP contribution in [0.5, 0.6) is 5.75 Å². The fraction of sp³-hybridized carbons (Fsp3) is 0.571. The number of aromatic hydroxyl groups is 1. The van der Waals surface area contributed by atoms with Gasteiger partial charge in [0.15, 0.2) is 0 Å². The second-order valence-electron chi connectivity index (χ2n) is 4.99. The summed E-state index contributed by atoms with van der Waals surface area (Å²) in [6, 6.07) is 2.54. The number of aryl methyl sites for hydroxylation is 1. The Morgan fingerprint density at radius 2 is 2.18 bits per heavy atom. The Morgan fingerprint density at radius 3 is 2.82 bits per heavy atom. The van der Waals surface area contributed by atoms with Crippen LogP contribution in [0.15, 0.2) is 6.07 Å². The Kier molecular flexibility index (Phi) is 3.95. The molecule has 1 atom stereocenters. The number of halogens is 1. The van der Waals surface area contributed by atoms with Crippen molar-refractivity contribution in [1.82, 2.24) is 5.32 Å². The summed E-state index contributed by atoms with van der Waals surface area (Å²) in [5.74, 6) is 0.266. The first kappa shape index (κ1) is 12.7. The van der Waals surface area contributed by atoms with Crippen molar-refractivity contribution in [2.45, 2.75) is 45.6 Å². The van der Waals surface area contributed by atoms with E-state index in [-0.39, 0.29) is 5.75 Å². The predicted molar refractivity (Wildman–Crippen MR) is 71.9 cm³/mol. The maximum Gasteiger partial charge on any atom is 0.137 e. The van der Waals surface area contributed by atoms with Crippen LogP contribution in [-0.2, 0) is 6.42 Å². The molecule has 3 heteroatoms. The summed E-state index contributed by atoms with van der Waals surface area (Å²) < 4.78 is 0. The van der Waals surface area contributed by atoms with Crippen molar-refractivity contribution in [3.63, 3.8) is 0 Å². The number of piperidine rings is 1. The van der Waals surface area contributed by atoms with E-state index in [9.17, 15) is 5.11 Å². The summed E-state index contributed by atoms with van der Waals surface area (Å²) in [7, 11) is 0. The number of phenols is 1. The Morgan fingerprint density at radius 1 is 1.41 bits per heavy atom. The summed E-state index contributed by atoms with van der Waals surface area (Å²) in [6.45, 7) is 5.07. The zero-order valence-electron chi connectivity index (χ0n) is 10.5. The second-order valence-corrected chi connectivity index (χ2v) is 5.37. The van der Waals surface area contributed by atoms with Crippen LogP contribution in [0, 0.1) is 13.8 Å². The van der Waals surface area contributed by atoms with Crippen molar-refractivity contribution in [3.05, 3.63) is 27.8 Å². The first-order valence-electron chi connectivity index (χ1n) is 6.30. The summed E-state index contributed by atoms with van der Waals surface area (Å²) >= 11 is 6.14. The highest BCUT2D eigenvalue weighted by atomic mass is 35.5. The predicted octanol–water partition coefficient (Wildman–Crippen LogP) is 3.35. The third-order valence-electron chi connectivity index (χ3n) is 3.70. The summed E-state index contributed by atoms with van der Waals surface area (Å²) in [4.78, 5) is 0. The van der Waals surface area contributed by atoms with E-state index < -0.39 is 0 Å². The van der Waals surface area contributed by atoms with E-state index in [4.69, 9.17) is 11.6 Å². The lowest BCUT2D eigenvalue weighted by molar-refractivity contribution is 0.391. The van der Waals surface area contributed by atoms with Gasteiger partial charge in [0.25, 0.3) is 0 Å². The molecule has 1 aromatic rings.